The van der Waals surface area contributed by atoms with Crippen LogP contribution in [0.15, 0.2) is 60.7 Å². The molecule has 0 aliphatic heterocycles. The molecule has 19 heavy (non-hydrogen) atoms. The Hall–Kier alpha value is -0.820. The number of rotatable bonds is 2. The van der Waals surface area contributed by atoms with Gasteiger partial charge in [0, 0.05) is 0 Å². The molecule has 0 amide bonds. The smallest absolute Gasteiger partial charge is 0.0764 e. The normalized spacial score (nSPS) is 10.8. The van der Waals surface area contributed by atoms with Crippen LogP contribution in [0, 0.1) is 0 Å². The van der Waals surface area contributed by atoms with Crippen molar-refractivity contribution in [3.05, 3.63) is 71.8 Å². The maximum Gasteiger partial charge on any atom is 0.0764 e. The molecule has 0 aliphatic carbocycles. The van der Waals surface area contributed by atoms with Crippen molar-refractivity contribution < 1.29 is 0 Å². The lowest BCUT2D eigenvalue weighted by Gasteiger charge is -2.24. The molecule has 0 fully saturated rings. The molecule has 0 aliphatic rings. The highest BCUT2D eigenvalue weighted by atomic mass is 32.1. The van der Waals surface area contributed by atoms with Crippen molar-refractivity contribution in [2.45, 2.75) is 4.49 Å². The van der Waals surface area contributed by atoms with E-state index in [1.807, 2.05) is 62.4 Å². The zero-order valence-electron chi connectivity index (χ0n) is 11.7. The fourth-order valence-electron chi connectivity index (χ4n) is 1.55. The molecular weight excluding hydrogens is 269 g/mol. The highest BCUT2D eigenvalue weighted by molar-refractivity contribution is 7.86. The van der Waals surface area contributed by atoms with E-state index in [0.717, 1.165) is 0 Å². The summed E-state index contributed by atoms with van der Waals surface area (Å²) in [5, 5.41) is 0. The topological polar surface area (TPSA) is 3.24 Å². The quantitative estimate of drug-likeness (QED) is 0.649. The average molecular weight is 291 g/mol. The SMILES string of the molecule is CN(C)C.PC(S)(c1ccccc1)c1ccccc1. The van der Waals surface area contributed by atoms with E-state index in [1.54, 1.807) is 0 Å². The van der Waals surface area contributed by atoms with E-state index in [4.69, 9.17) is 12.6 Å². The van der Waals surface area contributed by atoms with E-state index in [1.165, 1.54) is 11.1 Å². The molecule has 3 heteroatoms. The number of benzene rings is 2. The molecule has 0 N–H and O–H groups in total. The third-order valence-corrected chi connectivity index (χ3v) is 3.61. The third-order valence-electron chi connectivity index (χ3n) is 2.43. The lowest BCUT2D eigenvalue weighted by Crippen LogP contribution is -2.10. The number of hydrogen-bond acceptors (Lipinski definition) is 2. The predicted molar refractivity (Wildman–Crippen MR) is 92.0 cm³/mol. The minimum absolute atomic E-state index is 0.303. The number of nitrogens with zero attached hydrogens (tertiary/aromatic N) is 1. The summed E-state index contributed by atoms with van der Waals surface area (Å²) in [5.41, 5.74) is 2.37. The van der Waals surface area contributed by atoms with Crippen LogP contribution in [0.5, 0.6) is 0 Å². The average Bonchev–Trinajstić information content (AvgIpc) is 2.40. The lowest BCUT2D eigenvalue weighted by atomic mass is 10.0. The minimum Gasteiger partial charge on any atom is -0.312 e. The third kappa shape index (κ3) is 5.36. The predicted octanol–water partition coefficient (Wildman–Crippen LogP) is 3.87. The van der Waals surface area contributed by atoms with Gasteiger partial charge in [-0.05, 0) is 32.3 Å². The Morgan fingerprint density at radius 2 is 1.05 bits per heavy atom. The maximum absolute atomic E-state index is 4.73. The Morgan fingerprint density at radius 1 is 0.789 bits per heavy atom. The summed E-state index contributed by atoms with van der Waals surface area (Å²) >= 11 is 4.73. The molecule has 1 nitrogen and oxygen atoms in total. The zero-order chi connectivity index (χ0) is 14.3. The summed E-state index contributed by atoms with van der Waals surface area (Å²) in [7, 11) is 8.81. The fourth-order valence-corrected chi connectivity index (χ4v) is 2.23. The Bertz CT molecular complexity index is 424. The molecule has 0 heterocycles. The van der Waals surface area contributed by atoms with Crippen molar-refractivity contribution in [1.82, 2.24) is 4.90 Å². The molecule has 0 saturated carbocycles. The first-order valence-corrected chi connectivity index (χ1v) is 7.20. The van der Waals surface area contributed by atoms with E-state index in [-0.39, 0.29) is 4.49 Å². The summed E-state index contributed by atoms with van der Waals surface area (Å²) in [6.45, 7) is 0. The summed E-state index contributed by atoms with van der Waals surface area (Å²) in [4.78, 5) is 2.00. The number of hydrogen-bond donors (Lipinski definition) is 1. The molecule has 2 aromatic carbocycles. The fraction of sp³-hybridized carbons (Fsp3) is 0.250. The molecule has 0 radical (unpaired) electrons. The van der Waals surface area contributed by atoms with Gasteiger partial charge in [-0.3, -0.25) is 0 Å². The van der Waals surface area contributed by atoms with Crippen LogP contribution in [0.3, 0.4) is 0 Å². The molecule has 102 valence electrons. The Labute approximate surface area is 124 Å². The van der Waals surface area contributed by atoms with Crippen molar-refractivity contribution in [3.8, 4) is 0 Å². The second-order valence-electron chi connectivity index (χ2n) is 4.84. The van der Waals surface area contributed by atoms with Crippen molar-refractivity contribution in [3.63, 3.8) is 0 Å². The molecular formula is C16H22NPS. The molecule has 2 rings (SSSR count). The van der Waals surface area contributed by atoms with Gasteiger partial charge >= 0.3 is 0 Å². The van der Waals surface area contributed by atoms with E-state index < -0.39 is 0 Å². The Morgan fingerprint density at radius 3 is 1.32 bits per heavy atom. The van der Waals surface area contributed by atoms with Crippen LogP contribution < -0.4 is 0 Å². The molecule has 0 aromatic heterocycles. The number of thiol groups is 1. The van der Waals surface area contributed by atoms with Gasteiger partial charge < -0.3 is 4.90 Å². The Balaban J connectivity index is 0.000000399. The van der Waals surface area contributed by atoms with Crippen LogP contribution >= 0.6 is 21.9 Å². The lowest BCUT2D eigenvalue weighted by molar-refractivity contribution is 0.505. The van der Waals surface area contributed by atoms with Crippen LogP contribution in [0.2, 0.25) is 0 Å². The van der Waals surface area contributed by atoms with Crippen molar-refractivity contribution in [2.75, 3.05) is 21.1 Å². The molecule has 1 atom stereocenters. The van der Waals surface area contributed by atoms with Crippen LogP contribution in [-0.2, 0) is 4.49 Å². The highest BCUT2D eigenvalue weighted by Gasteiger charge is 2.23. The summed E-state index contributed by atoms with van der Waals surface area (Å²) in [5.74, 6) is 0. The van der Waals surface area contributed by atoms with Crippen molar-refractivity contribution in [1.29, 1.82) is 0 Å². The van der Waals surface area contributed by atoms with Gasteiger partial charge in [-0.15, -0.1) is 9.24 Å². The van der Waals surface area contributed by atoms with Crippen LogP contribution in [0.25, 0.3) is 0 Å². The van der Waals surface area contributed by atoms with Crippen molar-refractivity contribution >= 4 is 21.9 Å². The second-order valence-corrected chi connectivity index (χ2v) is 6.90. The van der Waals surface area contributed by atoms with Gasteiger partial charge in [0.25, 0.3) is 0 Å². The molecule has 0 saturated heterocycles. The van der Waals surface area contributed by atoms with E-state index >= 15 is 0 Å². The monoisotopic (exact) mass is 291 g/mol. The Kier molecular flexibility index (Phi) is 6.57. The summed E-state index contributed by atoms with van der Waals surface area (Å²) in [6.07, 6.45) is 0. The maximum atomic E-state index is 4.73. The first-order valence-electron chi connectivity index (χ1n) is 6.18. The van der Waals surface area contributed by atoms with Gasteiger partial charge in [-0.1, -0.05) is 60.7 Å². The van der Waals surface area contributed by atoms with Crippen LogP contribution in [0.1, 0.15) is 11.1 Å². The molecule has 2 aromatic rings. The van der Waals surface area contributed by atoms with Gasteiger partial charge in [0.2, 0.25) is 0 Å². The first kappa shape index (κ1) is 16.2. The van der Waals surface area contributed by atoms with Crippen LogP contribution in [-0.4, -0.2) is 26.0 Å². The van der Waals surface area contributed by atoms with Crippen LogP contribution in [0.4, 0.5) is 0 Å². The molecule has 0 bridgehead atoms. The first-order chi connectivity index (χ1) is 8.94. The molecule has 0 spiro atoms. The van der Waals surface area contributed by atoms with Gasteiger partial charge in [0.1, 0.15) is 0 Å². The minimum atomic E-state index is -0.303. The zero-order valence-corrected chi connectivity index (χ0v) is 13.8. The van der Waals surface area contributed by atoms with E-state index in [2.05, 4.69) is 33.5 Å². The second kappa shape index (κ2) is 7.69. The van der Waals surface area contributed by atoms with Gasteiger partial charge in [-0.2, -0.15) is 12.6 Å². The standard InChI is InChI=1S/C13H13PS.C3H9N/c14-13(15,11-7-3-1-4-8-11)12-9-5-2-6-10-12;1-4(2)3/h1-10,15H,14H2;1-3H3. The largest absolute Gasteiger partial charge is 0.312 e. The summed E-state index contributed by atoms with van der Waals surface area (Å²) < 4.78 is -0.303. The van der Waals surface area contributed by atoms with E-state index in [9.17, 15) is 0 Å². The van der Waals surface area contributed by atoms with Gasteiger partial charge in [0.15, 0.2) is 0 Å². The highest BCUT2D eigenvalue weighted by Crippen LogP contribution is 2.41. The van der Waals surface area contributed by atoms with Gasteiger partial charge in [0.05, 0.1) is 4.49 Å². The van der Waals surface area contributed by atoms with E-state index in [0.29, 0.717) is 0 Å². The molecule has 1 unspecified atom stereocenters. The van der Waals surface area contributed by atoms with Gasteiger partial charge in [-0.25, -0.2) is 0 Å². The summed E-state index contributed by atoms with van der Waals surface area (Å²) in [6, 6.07) is 20.5. The van der Waals surface area contributed by atoms with Crippen molar-refractivity contribution in [2.24, 2.45) is 0 Å².